The van der Waals surface area contributed by atoms with Crippen molar-refractivity contribution >= 4 is 16.9 Å². The van der Waals surface area contributed by atoms with Crippen LogP contribution in [0.4, 0.5) is 0 Å². The SMILES string of the molecule is CC.CC.O=C(O)Cc1c[nH]c2ccccc12. The largest absolute Gasteiger partial charge is 0.481 e. The number of aromatic amines is 1. The van der Waals surface area contributed by atoms with Gasteiger partial charge in [0, 0.05) is 17.1 Å². The number of H-pyrrole nitrogens is 1. The lowest BCUT2D eigenvalue weighted by Crippen LogP contribution is -1.98. The van der Waals surface area contributed by atoms with E-state index < -0.39 is 5.97 Å². The van der Waals surface area contributed by atoms with Gasteiger partial charge < -0.3 is 10.1 Å². The van der Waals surface area contributed by atoms with Crippen LogP contribution in [0.1, 0.15) is 33.3 Å². The first-order valence-electron chi connectivity index (χ1n) is 6.04. The lowest BCUT2D eigenvalue weighted by molar-refractivity contribution is -0.136. The molecule has 0 aliphatic carbocycles. The lowest BCUT2D eigenvalue weighted by atomic mass is 10.1. The first kappa shape index (κ1) is 15.2. The van der Waals surface area contributed by atoms with Crippen molar-refractivity contribution in [1.29, 1.82) is 0 Å². The molecule has 1 aromatic carbocycles. The van der Waals surface area contributed by atoms with E-state index in [0.29, 0.717) is 0 Å². The molecule has 0 aliphatic rings. The van der Waals surface area contributed by atoms with Gasteiger partial charge in [-0.15, -0.1) is 0 Å². The molecule has 0 amide bonds. The number of para-hydroxylation sites is 1. The van der Waals surface area contributed by atoms with E-state index in [1.165, 1.54) is 0 Å². The zero-order chi connectivity index (χ0) is 13.3. The number of hydrogen-bond donors (Lipinski definition) is 2. The molecule has 2 rings (SSSR count). The number of nitrogens with one attached hydrogen (secondary N) is 1. The van der Waals surface area contributed by atoms with Crippen LogP contribution >= 0.6 is 0 Å². The van der Waals surface area contributed by atoms with Gasteiger partial charge in [-0.1, -0.05) is 45.9 Å². The minimum atomic E-state index is -0.801. The van der Waals surface area contributed by atoms with Crippen LogP contribution in [0.3, 0.4) is 0 Å². The summed E-state index contributed by atoms with van der Waals surface area (Å²) in [6.45, 7) is 8.00. The molecule has 3 heteroatoms. The van der Waals surface area contributed by atoms with Gasteiger partial charge in [-0.3, -0.25) is 4.79 Å². The molecular weight excluding hydrogens is 214 g/mol. The van der Waals surface area contributed by atoms with Gasteiger partial charge in [0.2, 0.25) is 0 Å². The van der Waals surface area contributed by atoms with E-state index in [9.17, 15) is 4.79 Å². The molecule has 0 saturated heterocycles. The van der Waals surface area contributed by atoms with E-state index in [2.05, 4.69) is 4.98 Å². The van der Waals surface area contributed by atoms with Gasteiger partial charge in [0.15, 0.2) is 0 Å². The first-order chi connectivity index (χ1) is 8.27. The smallest absolute Gasteiger partial charge is 0.307 e. The van der Waals surface area contributed by atoms with Crippen molar-refractivity contribution in [3.05, 3.63) is 36.0 Å². The predicted molar refractivity (Wildman–Crippen MR) is 72.3 cm³/mol. The topological polar surface area (TPSA) is 53.1 Å². The summed E-state index contributed by atoms with van der Waals surface area (Å²) in [5, 5.41) is 9.62. The summed E-state index contributed by atoms with van der Waals surface area (Å²) >= 11 is 0. The van der Waals surface area contributed by atoms with Crippen molar-refractivity contribution in [3.8, 4) is 0 Å². The number of benzene rings is 1. The molecule has 0 saturated carbocycles. The number of carboxylic acids is 1. The molecule has 0 spiro atoms. The summed E-state index contributed by atoms with van der Waals surface area (Å²) in [7, 11) is 0. The standard InChI is InChI=1S/C10H9NO2.2C2H6/c12-10(13)5-7-6-11-9-4-2-1-3-8(7)9;2*1-2/h1-4,6,11H,5H2,(H,12,13);2*1-2H3. The Kier molecular flexibility index (Phi) is 7.52. The Balaban J connectivity index is 0.000000581. The molecule has 0 unspecified atom stereocenters. The number of aromatic nitrogens is 1. The van der Waals surface area contributed by atoms with Crippen molar-refractivity contribution in [1.82, 2.24) is 4.98 Å². The van der Waals surface area contributed by atoms with E-state index in [1.54, 1.807) is 6.20 Å². The van der Waals surface area contributed by atoms with E-state index in [0.717, 1.165) is 16.5 Å². The highest BCUT2D eigenvalue weighted by Crippen LogP contribution is 2.17. The fourth-order valence-corrected chi connectivity index (χ4v) is 1.44. The van der Waals surface area contributed by atoms with Crippen LogP contribution in [0.25, 0.3) is 10.9 Å². The van der Waals surface area contributed by atoms with Crippen LogP contribution in [0.5, 0.6) is 0 Å². The molecule has 17 heavy (non-hydrogen) atoms. The molecule has 0 aliphatic heterocycles. The molecule has 1 heterocycles. The van der Waals surface area contributed by atoms with Crippen LogP contribution in [-0.4, -0.2) is 16.1 Å². The fourth-order valence-electron chi connectivity index (χ4n) is 1.44. The van der Waals surface area contributed by atoms with Gasteiger partial charge in [-0.2, -0.15) is 0 Å². The van der Waals surface area contributed by atoms with Crippen molar-refractivity contribution in [2.24, 2.45) is 0 Å². The molecule has 3 nitrogen and oxygen atoms in total. The van der Waals surface area contributed by atoms with Crippen molar-refractivity contribution < 1.29 is 9.90 Å². The van der Waals surface area contributed by atoms with Crippen LogP contribution in [-0.2, 0) is 11.2 Å². The highest BCUT2D eigenvalue weighted by molar-refractivity contribution is 5.86. The first-order valence-corrected chi connectivity index (χ1v) is 6.04. The van der Waals surface area contributed by atoms with Crippen molar-refractivity contribution in [3.63, 3.8) is 0 Å². The third-order valence-electron chi connectivity index (χ3n) is 2.02. The molecule has 94 valence electrons. The molecule has 2 aromatic rings. The summed E-state index contributed by atoms with van der Waals surface area (Å²) in [6, 6.07) is 7.68. The minimum Gasteiger partial charge on any atom is -0.481 e. The van der Waals surface area contributed by atoms with Crippen LogP contribution < -0.4 is 0 Å². The lowest BCUT2D eigenvalue weighted by Gasteiger charge is -1.92. The van der Waals surface area contributed by atoms with Gasteiger partial charge in [0.25, 0.3) is 0 Å². The quantitative estimate of drug-likeness (QED) is 0.830. The average Bonchev–Trinajstić information content (AvgIpc) is 2.77. The number of fused-ring (bicyclic) bond motifs is 1. The van der Waals surface area contributed by atoms with E-state index in [1.807, 2.05) is 52.0 Å². The maximum atomic E-state index is 10.5. The van der Waals surface area contributed by atoms with Crippen molar-refractivity contribution in [2.45, 2.75) is 34.1 Å². The Labute approximate surface area is 102 Å². The third kappa shape index (κ3) is 4.31. The minimum absolute atomic E-state index is 0.0734. The molecule has 2 N–H and O–H groups in total. The highest BCUT2D eigenvalue weighted by atomic mass is 16.4. The number of aliphatic carboxylic acids is 1. The van der Waals surface area contributed by atoms with Crippen LogP contribution in [0.2, 0.25) is 0 Å². The molecule has 1 aromatic heterocycles. The Hall–Kier alpha value is -1.77. The van der Waals surface area contributed by atoms with Gasteiger partial charge in [-0.25, -0.2) is 0 Å². The Bertz CT molecular complexity index is 446. The van der Waals surface area contributed by atoms with Crippen molar-refractivity contribution in [2.75, 3.05) is 0 Å². The normalized spacial score (nSPS) is 8.71. The van der Waals surface area contributed by atoms with E-state index >= 15 is 0 Å². The molecule has 0 fully saturated rings. The summed E-state index contributed by atoms with van der Waals surface area (Å²) in [6.07, 6.45) is 1.82. The third-order valence-corrected chi connectivity index (χ3v) is 2.02. The fraction of sp³-hybridized carbons (Fsp3) is 0.357. The predicted octanol–water partition coefficient (Wildman–Crippen LogP) is 3.85. The Morgan fingerprint density at radius 1 is 1.18 bits per heavy atom. The number of hydrogen-bond acceptors (Lipinski definition) is 1. The van der Waals surface area contributed by atoms with Gasteiger partial charge in [-0.05, 0) is 11.6 Å². The molecule has 0 bridgehead atoms. The zero-order valence-corrected chi connectivity index (χ0v) is 10.9. The maximum Gasteiger partial charge on any atom is 0.307 e. The number of carboxylic acid groups (broad SMARTS) is 1. The maximum absolute atomic E-state index is 10.5. The second-order valence-electron chi connectivity index (χ2n) is 2.93. The summed E-state index contributed by atoms with van der Waals surface area (Å²) in [4.78, 5) is 13.5. The van der Waals surface area contributed by atoms with E-state index in [4.69, 9.17) is 5.11 Å². The van der Waals surface area contributed by atoms with Gasteiger partial charge in [0.1, 0.15) is 0 Å². The summed E-state index contributed by atoms with van der Waals surface area (Å²) < 4.78 is 0. The summed E-state index contributed by atoms with van der Waals surface area (Å²) in [5.41, 5.74) is 1.82. The van der Waals surface area contributed by atoms with Gasteiger partial charge >= 0.3 is 5.97 Å². The second kappa shape index (κ2) is 8.39. The van der Waals surface area contributed by atoms with Crippen LogP contribution in [0.15, 0.2) is 30.5 Å². The molecular formula is C14H21NO2. The monoisotopic (exact) mass is 235 g/mol. The Morgan fingerprint density at radius 2 is 1.76 bits per heavy atom. The number of carbonyl (C=O) groups is 1. The van der Waals surface area contributed by atoms with Crippen LogP contribution in [0, 0.1) is 0 Å². The second-order valence-corrected chi connectivity index (χ2v) is 2.93. The molecule has 0 atom stereocenters. The summed E-state index contributed by atoms with van der Waals surface area (Å²) in [5.74, 6) is -0.801. The average molecular weight is 235 g/mol. The van der Waals surface area contributed by atoms with E-state index in [-0.39, 0.29) is 6.42 Å². The highest BCUT2D eigenvalue weighted by Gasteiger charge is 2.05. The zero-order valence-electron chi connectivity index (χ0n) is 10.9. The van der Waals surface area contributed by atoms with Gasteiger partial charge in [0.05, 0.1) is 6.42 Å². The number of rotatable bonds is 2. The molecule has 0 radical (unpaired) electrons. The Morgan fingerprint density at radius 3 is 2.35 bits per heavy atom.